The van der Waals surface area contributed by atoms with E-state index in [0.29, 0.717) is 13.0 Å². The summed E-state index contributed by atoms with van der Waals surface area (Å²) in [6.45, 7) is 2.27. The number of carbonyl (C=O) groups excluding carboxylic acids is 1. The Labute approximate surface area is 127 Å². The van der Waals surface area contributed by atoms with Gasteiger partial charge in [-0.05, 0) is 25.5 Å². The first kappa shape index (κ1) is 14.2. The molecule has 0 bridgehead atoms. The number of para-hydroxylation sites is 1. The molecule has 2 aromatic rings. The van der Waals surface area contributed by atoms with Crippen molar-refractivity contribution in [2.45, 2.75) is 13.3 Å². The zero-order valence-corrected chi connectivity index (χ0v) is 12.1. The normalized spacial score (nSPS) is 21.0. The van der Waals surface area contributed by atoms with Gasteiger partial charge in [-0.1, -0.05) is 23.4 Å². The van der Waals surface area contributed by atoms with Crippen molar-refractivity contribution < 1.29 is 14.7 Å². The molecule has 2 heterocycles. The van der Waals surface area contributed by atoms with Gasteiger partial charge in [-0.25, -0.2) is 4.68 Å². The van der Waals surface area contributed by atoms with Crippen LogP contribution in [0.25, 0.3) is 5.69 Å². The fourth-order valence-electron chi connectivity index (χ4n) is 2.54. The van der Waals surface area contributed by atoms with Crippen molar-refractivity contribution in [2.24, 2.45) is 5.41 Å². The summed E-state index contributed by atoms with van der Waals surface area (Å²) in [6.07, 6.45) is 2.01. The summed E-state index contributed by atoms with van der Waals surface area (Å²) in [4.78, 5) is 25.2. The average molecular weight is 300 g/mol. The fraction of sp³-hybridized carbons (Fsp3) is 0.333. The molecule has 0 unspecified atom stereocenters. The average Bonchev–Trinajstić information content (AvgIpc) is 3.15. The number of amides is 1. The van der Waals surface area contributed by atoms with Crippen LogP contribution in [0, 0.1) is 5.41 Å². The monoisotopic (exact) mass is 300 g/mol. The van der Waals surface area contributed by atoms with Gasteiger partial charge in [-0.3, -0.25) is 9.59 Å². The molecular formula is C15H16N4O3. The van der Waals surface area contributed by atoms with Crippen LogP contribution < -0.4 is 0 Å². The Bertz CT molecular complexity index is 713. The van der Waals surface area contributed by atoms with Crippen molar-refractivity contribution in [3.63, 3.8) is 0 Å². The van der Waals surface area contributed by atoms with Crippen LogP contribution in [0.4, 0.5) is 0 Å². The molecule has 1 aromatic heterocycles. The minimum absolute atomic E-state index is 0.194. The van der Waals surface area contributed by atoms with E-state index in [1.54, 1.807) is 13.1 Å². The van der Waals surface area contributed by atoms with Crippen LogP contribution in [0.15, 0.2) is 36.5 Å². The first-order valence-electron chi connectivity index (χ1n) is 7.00. The van der Waals surface area contributed by atoms with Gasteiger partial charge in [0.1, 0.15) is 0 Å². The van der Waals surface area contributed by atoms with Gasteiger partial charge in [0.25, 0.3) is 5.91 Å². The van der Waals surface area contributed by atoms with E-state index in [1.165, 1.54) is 9.58 Å². The summed E-state index contributed by atoms with van der Waals surface area (Å²) in [7, 11) is 0. The largest absolute Gasteiger partial charge is 0.481 e. The second-order valence-electron chi connectivity index (χ2n) is 5.73. The number of likely N-dealkylation sites (tertiary alicyclic amines) is 1. The predicted molar refractivity (Wildman–Crippen MR) is 77.6 cm³/mol. The molecule has 1 amide bonds. The minimum Gasteiger partial charge on any atom is -0.481 e. The molecule has 1 aliphatic heterocycles. The predicted octanol–water partition coefficient (Wildman–Crippen LogP) is 1.20. The van der Waals surface area contributed by atoms with Crippen molar-refractivity contribution >= 4 is 11.9 Å². The molecule has 0 radical (unpaired) electrons. The number of hydrogen-bond donors (Lipinski definition) is 1. The van der Waals surface area contributed by atoms with E-state index in [-0.39, 0.29) is 18.1 Å². The minimum atomic E-state index is -0.884. The molecule has 1 atom stereocenters. The third-order valence-corrected chi connectivity index (χ3v) is 4.01. The van der Waals surface area contributed by atoms with E-state index in [0.717, 1.165) is 5.69 Å². The first-order valence-corrected chi connectivity index (χ1v) is 7.00. The molecule has 0 spiro atoms. The van der Waals surface area contributed by atoms with E-state index >= 15 is 0 Å². The Hall–Kier alpha value is -2.70. The number of aromatic nitrogens is 3. The van der Waals surface area contributed by atoms with Gasteiger partial charge in [-0.15, -0.1) is 5.10 Å². The lowest BCUT2D eigenvalue weighted by molar-refractivity contribution is -0.147. The van der Waals surface area contributed by atoms with Crippen molar-refractivity contribution in [3.8, 4) is 5.69 Å². The van der Waals surface area contributed by atoms with Crippen LogP contribution in [-0.4, -0.2) is 50.0 Å². The summed E-state index contributed by atoms with van der Waals surface area (Å²) >= 11 is 0. The van der Waals surface area contributed by atoms with Crippen LogP contribution in [0.2, 0.25) is 0 Å². The zero-order chi connectivity index (χ0) is 15.7. The highest BCUT2D eigenvalue weighted by Gasteiger charge is 2.42. The molecule has 3 rings (SSSR count). The standard InChI is InChI=1S/C15H16N4O3/c1-15(14(21)22)7-8-18(10-15)13(20)12-9-19(17-16-12)11-5-3-2-4-6-11/h2-6,9H,7-8,10H2,1H3,(H,21,22)/t15-/m0/s1. The topological polar surface area (TPSA) is 88.3 Å². The van der Waals surface area contributed by atoms with Gasteiger partial charge in [-0.2, -0.15) is 0 Å². The van der Waals surface area contributed by atoms with Crippen LogP contribution in [0.3, 0.4) is 0 Å². The number of rotatable bonds is 3. The molecule has 0 aliphatic carbocycles. The first-order chi connectivity index (χ1) is 10.5. The number of nitrogens with zero attached hydrogens (tertiary/aromatic N) is 4. The van der Waals surface area contributed by atoms with E-state index in [4.69, 9.17) is 0 Å². The van der Waals surface area contributed by atoms with Crippen LogP contribution in [0.5, 0.6) is 0 Å². The van der Waals surface area contributed by atoms with Crippen molar-refractivity contribution in [1.29, 1.82) is 0 Å². The third-order valence-electron chi connectivity index (χ3n) is 4.01. The van der Waals surface area contributed by atoms with E-state index < -0.39 is 11.4 Å². The Morgan fingerprint density at radius 3 is 2.64 bits per heavy atom. The van der Waals surface area contributed by atoms with Crippen LogP contribution in [-0.2, 0) is 4.79 Å². The maximum absolute atomic E-state index is 12.4. The van der Waals surface area contributed by atoms with E-state index in [1.807, 2.05) is 30.3 Å². The van der Waals surface area contributed by atoms with Gasteiger partial charge < -0.3 is 10.0 Å². The quantitative estimate of drug-likeness (QED) is 0.920. The SMILES string of the molecule is C[C@]1(C(=O)O)CCN(C(=O)c2cn(-c3ccccc3)nn2)C1. The molecule has 1 aliphatic rings. The van der Waals surface area contributed by atoms with Crippen molar-refractivity contribution in [2.75, 3.05) is 13.1 Å². The van der Waals surface area contributed by atoms with E-state index in [9.17, 15) is 14.7 Å². The Morgan fingerprint density at radius 1 is 1.27 bits per heavy atom. The maximum Gasteiger partial charge on any atom is 0.311 e. The van der Waals surface area contributed by atoms with Gasteiger partial charge in [0, 0.05) is 13.1 Å². The number of carboxylic acid groups (broad SMARTS) is 1. The number of aliphatic carboxylic acids is 1. The number of benzene rings is 1. The molecule has 1 saturated heterocycles. The molecule has 1 fully saturated rings. The molecule has 7 heteroatoms. The molecule has 1 N–H and O–H groups in total. The highest BCUT2D eigenvalue weighted by atomic mass is 16.4. The lowest BCUT2D eigenvalue weighted by Gasteiger charge is -2.19. The molecule has 7 nitrogen and oxygen atoms in total. The molecule has 1 aromatic carbocycles. The van der Waals surface area contributed by atoms with Gasteiger partial charge in [0.05, 0.1) is 17.3 Å². The third kappa shape index (κ3) is 2.45. The van der Waals surface area contributed by atoms with Crippen LogP contribution >= 0.6 is 0 Å². The molecule has 0 saturated carbocycles. The van der Waals surface area contributed by atoms with Crippen LogP contribution in [0.1, 0.15) is 23.8 Å². The number of hydrogen-bond acceptors (Lipinski definition) is 4. The smallest absolute Gasteiger partial charge is 0.311 e. The lowest BCUT2D eigenvalue weighted by Crippen LogP contribution is -2.35. The maximum atomic E-state index is 12.4. The summed E-state index contributed by atoms with van der Waals surface area (Å²) in [5.74, 6) is -1.16. The Kier molecular flexibility index (Phi) is 3.40. The zero-order valence-electron chi connectivity index (χ0n) is 12.1. The summed E-state index contributed by atoms with van der Waals surface area (Å²) in [5.41, 5.74) is 0.148. The Morgan fingerprint density at radius 2 is 2.00 bits per heavy atom. The lowest BCUT2D eigenvalue weighted by atomic mass is 9.90. The highest BCUT2D eigenvalue weighted by molar-refractivity contribution is 5.93. The van der Waals surface area contributed by atoms with Gasteiger partial charge in [0.2, 0.25) is 0 Å². The van der Waals surface area contributed by atoms with Crippen molar-refractivity contribution in [3.05, 3.63) is 42.2 Å². The Balaban J connectivity index is 1.77. The number of carbonyl (C=O) groups is 2. The number of carboxylic acids is 1. The second-order valence-corrected chi connectivity index (χ2v) is 5.73. The second kappa shape index (κ2) is 5.25. The highest BCUT2D eigenvalue weighted by Crippen LogP contribution is 2.30. The van der Waals surface area contributed by atoms with E-state index in [2.05, 4.69) is 10.3 Å². The van der Waals surface area contributed by atoms with Gasteiger partial charge >= 0.3 is 5.97 Å². The summed E-state index contributed by atoms with van der Waals surface area (Å²) in [5, 5.41) is 17.1. The fourth-order valence-corrected chi connectivity index (χ4v) is 2.54. The summed E-state index contributed by atoms with van der Waals surface area (Å²) in [6, 6.07) is 9.36. The summed E-state index contributed by atoms with van der Waals surface area (Å²) < 4.78 is 1.53. The molecule has 114 valence electrons. The molecular weight excluding hydrogens is 284 g/mol. The molecule has 22 heavy (non-hydrogen) atoms. The van der Waals surface area contributed by atoms with Gasteiger partial charge in [0.15, 0.2) is 5.69 Å². The van der Waals surface area contributed by atoms with Crippen molar-refractivity contribution in [1.82, 2.24) is 19.9 Å².